The van der Waals surface area contributed by atoms with Gasteiger partial charge in [0.25, 0.3) is 5.91 Å². The van der Waals surface area contributed by atoms with E-state index in [0.717, 1.165) is 16.2 Å². The van der Waals surface area contributed by atoms with Crippen LogP contribution in [0.5, 0.6) is 5.75 Å². The summed E-state index contributed by atoms with van der Waals surface area (Å²) in [6.07, 6.45) is 0. The maximum atomic E-state index is 12.3. The standard InChI is InChI=1S/C18H18N2O3S/c1-11-17(21)20-15-9-13(5-8-16(15)24-11)18(22)19-10-12-3-6-14(23-2)7-4-12/h3-9,11H,10H2,1-2H3,(H,19,22)(H,20,21)/t11-/m1/s1. The average Bonchev–Trinajstić information content (AvgIpc) is 2.60. The van der Waals surface area contributed by atoms with Gasteiger partial charge in [0, 0.05) is 17.0 Å². The fourth-order valence-electron chi connectivity index (χ4n) is 2.38. The highest BCUT2D eigenvalue weighted by atomic mass is 32.2. The number of hydrogen-bond donors (Lipinski definition) is 2. The van der Waals surface area contributed by atoms with Crippen LogP contribution in [0.25, 0.3) is 0 Å². The van der Waals surface area contributed by atoms with E-state index in [4.69, 9.17) is 4.74 Å². The van der Waals surface area contributed by atoms with Gasteiger partial charge in [0.05, 0.1) is 18.0 Å². The van der Waals surface area contributed by atoms with Crippen LogP contribution >= 0.6 is 11.8 Å². The Morgan fingerprint density at radius 3 is 2.71 bits per heavy atom. The van der Waals surface area contributed by atoms with Crippen LogP contribution < -0.4 is 15.4 Å². The number of nitrogens with one attached hydrogen (secondary N) is 2. The number of carbonyl (C=O) groups excluding carboxylic acids is 2. The lowest BCUT2D eigenvalue weighted by molar-refractivity contribution is -0.115. The maximum absolute atomic E-state index is 12.3. The number of thioether (sulfide) groups is 1. The maximum Gasteiger partial charge on any atom is 0.251 e. The van der Waals surface area contributed by atoms with Gasteiger partial charge in [0.1, 0.15) is 5.75 Å². The van der Waals surface area contributed by atoms with Gasteiger partial charge in [-0.25, -0.2) is 0 Å². The van der Waals surface area contributed by atoms with Gasteiger partial charge in [-0.3, -0.25) is 9.59 Å². The number of benzene rings is 2. The second-order valence-corrected chi connectivity index (χ2v) is 6.87. The van der Waals surface area contributed by atoms with Gasteiger partial charge in [-0.05, 0) is 42.8 Å². The number of methoxy groups -OCH3 is 1. The van der Waals surface area contributed by atoms with Crippen LogP contribution in [0.4, 0.5) is 5.69 Å². The van der Waals surface area contributed by atoms with Crippen molar-refractivity contribution in [2.75, 3.05) is 12.4 Å². The number of anilines is 1. The highest BCUT2D eigenvalue weighted by Gasteiger charge is 2.23. The molecule has 0 bridgehead atoms. The summed E-state index contributed by atoms with van der Waals surface area (Å²) in [5.74, 6) is 0.567. The molecule has 2 amide bonds. The average molecular weight is 342 g/mol. The first kappa shape index (κ1) is 16.4. The quantitative estimate of drug-likeness (QED) is 0.896. The van der Waals surface area contributed by atoms with Gasteiger partial charge in [-0.1, -0.05) is 12.1 Å². The van der Waals surface area contributed by atoms with Crippen LogP contribution in [-0.2, 0) is 11.3 Å². The van der Waals surface area contributed by atoms with E-state index in [1.165, 1.54) is 11.8 Å². The minimum atomic E-state index is -0.175. The van der Waals surface area contributed by atoms with Gasteiger partial charge >= 0.3 is 0 Å². The summed E-state index contributed by atoms with van der Waals surface area (Å²) in [6, 6.07) is 12.9. The summed E-state index contributed by atoms with van der Waals surface area (Å²) in [5.41, 5.74) is 2.21. The molecule has 6 heteroatoms. The van der Waals surface area contributed by atoms with Gasteiger partial charge < -0.3 is 15.4 Å². The number of amides is 2. The molecule has 1 aliphatic rings. The lowest BCUT2D eigenvalue weighted by Gasteiger charge is -2.21. The van der Waals surface area contributed by atoms with Crippen LogP contribution in [-0.4, -0.2) is 24.2 Å². The lowest BCUT2D eigenvalue weighted by Crippen LogP contribution is -2.27. The Bertz CT molecular complexity index is 774. The minimum Gasteiger partial charge on any atom is -0.497 e. The topological polar surface area (TPSA) is 67.4 Å². The largest absolute Gasteiger partial charge is 0.497 e. The van der Waals surface area contributed by atoms with Crippen LogP contribution in [0.3, 0.4) is 0 Å². The second kappa shape index (κ2) is 6.97. The molecule has 2 N–H and O–H groups in total. The number of carbonyl (C=O) groups is 2. The summed E-state index contributed by atoms with van der Waals surface area (Å²) >= 11 is 1.50. The molecule has 0 fully saturated rings. The Kier molecular flexibility index (Phi) is 4.76. The first-order chi connectivity index (χ1) is 11.6. The minimum absolute atomic E-state index is 0.0386. The van der Waals surface area contributed by atoms with Gasteiger partial charge in [0.2, 0.25) is 5.91 Å². The third-order valence-corrected chi connectivity index (χ3v) is 4.96. The Balaban J connectivity index is 1.67. The zero-order valence-corrected chi connectivity index (χ0v) is 14.3. The summed E-state index contributed by atoms with van der Waals surface area (Å²) < 4.78 is 5.11. The van der Waals surface area contributed by atoms with Crippen molar-refractivity contribution in [3.05, 3.63) is 53.6 Å². The van der Waals surface area contributed by atoms with Crippen molar-refractivity contribution in [3.8, 4) is 5.75 Å². The van der Waals surface area contributed by atoms with Crippen molar-refractivity contribution in [2.45, 2.75) is 23.6 Å². The molecule has 0 unspecified atom stereocenters. The summed E-state index contributed by atoms with van der Waals surface area (Å²) in [7, 11) is 1.62. The zero-order chi connectivity index (χ0) is 17.1. The molecule has 1 atom stereocenters. The lowest BCUT2D eigenvalue weighted by atomic mass is 10.1. The Morgan fingerprint density at radius 1 is 1.25 bits per heavy atom. The zero-order valence-electron chi connectivity index (χ0n) is 13.5. The molecule has 2 aromatic carbocycles. The van der Waals surface area contributed by atoms with Gasteiger partial charge in [0.15, 0.2) is 0 Å². The molecule has 124 valence electrons. The Morgan fingerprint density at radius 2 is 2.00 bits per heavy atom. The first-order valence-electron chi connectivity index (χ1n) is 7.59. The van der Waals surface area contributed by atoms with E-state index >= 15 is 0 Å². The summed E-state index contributed by atoms with van der Waals surface area (Å²) in [6.45, 7) is 2.29. The van der Waals surface area contributed by atoms with Gasteiger partial charge in [-0.15, -0.1) is 11.8 Å². The Labute approximate surface area is 144 Å². The fraction of sp³-hybridized carbons (Fsp3) is 0.222. The SMILES string of the molecule is COc1ccc(CNC(=O)c2ccc3c(c2)NC(=O)[C@@H](C)S3)cc1. The van der Waals surface area contributed by atoms with E-state index in [1.54, 1.807) is 19.2 Å². The first-order valence-corrected chi connectivity index (χ1v) is 8.47. The molecule has 1 heterocycles. The van der Waals surface area contributed by atoms with Crippen molar-refractivity contribution in [3.63, 3.8) is 0 Å². The number of fused-ring (bicyclic) bond motifs is 1. The molecule has 0 saturated heterocycles. The van der Waals surface area contributed by atoms with E-state index in [1.807, 2.05) is 37.3 Å². The van der Waals surface area contributed by atoms with Crippen molar-refractivity contribution >= 4 is 29.3 Å². The van der Waals surface area contributed by atoms with Crippen LogP contribution in [0, 0.1) is 0 Å². The van der Waals surface area contributed by atoms with Crippen LogP contribution in [0.15, 0.2) is 47.4 Å². The predicted octanol–water partition coefficient (Wildman–Crippen LogP) is 3.06. The van der Waals surface area contributed by atoms with Crippen molar-refractivity contribution < 1.29 is 14.3 Å². The summed E-state index contributed by atoms with van der Waals surface area (Å²) in [5, 5.41) is 5.60. The normalized spacial score (nSPS) is 16.1. The molecule has 0 radical (unpaired) electrons. The van der Waals surface area contributed by atoms with Gasteiger partial charge in [-0.2, -0.15) is 0 Å². The number of hydrogen-bond acceptors (Lipinski definition) is 4. The Hall–Kier alpha value is -2.47. The number of rotatable bonds is 4. The van der Waals surface area contributed by atoms with Crippen molar-refractivity contribution in [2.24, 2.45) is 0 Å². The summed E-state index contributed by atoms with van der Waals surface area (Å²) in [4.78, 5) is 25.1. The molecule has 24 heavy (non-hydrogen) atoms. The molecule has 0 aromatic heterocycles. The molecular weight excluding hydrogens is 324 g/mol. The van der Waals surface area contributed by atoms with E-state index in [2.05, 4.69) is 10.6 Å². The molecule has 0 aliphatic carbocycles. The molecular formula is C18H18N2O3S. The monoisotopic (exact) mass is 342 g/mol. The molecule has 0 spiro atoms. The number of ether oxygens (including phenoxy) is 1. The highest BCUT2D eigenvalue weighted by Crippen LogP contribution is 2.35. The molecule has 2 aromatic rings. The molecule has 1 aliphatic heterocycles. The highest BCUT2D eigenvalue weighted by molar-refractivity contribution is 8.00. The second-order valence-electron chi connectivity index (χ2n) is 5.49. The van der Waals surface area contributed by atoms with E-state index in [-0.39, 0.29) is 17.1 Å². The van der Waals surface area contributed by atoms with E-state index in [9.17, 15) is 9.59 Å². The van der Waals surface area contributed by atoms with Crippen molar-refractivity contribution in [1.29, 1.82) is 0 Å². The van der Waals surface area contributed by atoms with E-state index in [0.29, 0.717) is 17.8 Å². The molecule has 3 rings (SSSR count). The van der Waals surface area contributed by atoms with Crippen molar-refractivity contribution in [1.82, 2.24) is 5.32 Å². The third-order valence-electron chi connectivity index (χ3n) is 3.78. The smallest absolute Gasteiger partial charge is 0.251 e. The molecule has 0 saturated carbocycles. The predicted molar refractivity (Wildman–Crippen MR) is 94.6 cm³/mol. The third kappa shape index (κ3) is 3.54. The molecule has 5 nitrogen and oxygen atoms in total. The fourth-order valence-corrected chi connectivity index (χ4v) is 3.31. The van der Waals surface area contributed by atoms with Crippen LogP contribution in [0.1, 0.15) is 22.8 Å². The van der Waals surface area contributed by atoms with Crippen LogP contribution in [0.2, 0.25) is 0 Å². The van der Waals surface area contributed by atoms with E-state index < -0.39 is 0 Å².